The molecule has 0 atom stereocenters. The Hall–Kier alpha value is -1.92. The maximum atomic E-state index is 11.0. The van der Waals surface area contributed by atoms with Gasteiger partial charge in [-0.25, -0.2) is 0 Å². The highest BCUT2D eigenvalue weighted by molar-refractivity contribution is 6.30. The van der Waals surface area contributed by atoms with E-state index in [-0.39, 0.29) is 19.0 Å². The number of carbonyl (C=O) groups is 1. The van der Waals surface area contributed by atoms with E-state index in [1.807, 2.05) is 12.1 Å². The number of benzene rings is 1. The molecule has 0 fully saturated rings. The number of nitrogens with zero attached hydrogens (tertiary/aromatic N) is 2. The van der Waals surface area contributed by atoms with Gasteiger partial charge in [0.15, 0.2) is 5.82 Å². The molecular weight excluding hydrogens is 268 g/mol. The predicted octanol–water partition coefficient (Wildman–Crippen LogP) is 0.889. The molecule has 1 aromatic carbocycles. The SMILES string of the molecule is NCC(=O)NCc1nc(Cc2ccc(Cl)cc2)no1. The molecule has 1 aromatic heterocycles. The van der Waals surface area contributed by atoms with Crippen molar-refractivity contribution in [3.8, 4) is 0 Å². The van der Waals surface area contributed by atoms with Crippen LogP contribution in [0.25, 0.3) is 0 Å². The average molecular weight is 281 g/mol. The fourth-order valence-corrected chi connectivity index (χ4v) is 1.59. The first-order valence-electron chi connectivity index (χ1n) is 5.70. The predicted molar refractivity (Wildman–Crippen MR) is 69.5 cm³/mol. The highest BCUT2D eigenvalue weighted by atomic mass is 35.5. The van der Waals surface area contributed by atoms with Gasteiger partial charge in [0.05, 0.1) is 13.1 Å². The number of aromatic nitrogens is 2. The third-order valence-electron chi connectivity index (χ3n) is 2.41. The zero-order chi connectivity index (χ0) is 13.7. The van der Waals surface area contributed by atoms with Crippen molar-refractivity contribution in [1.29, 1.82) is 0 Å². The molecule has 0 saturated carbocycles. The highest BCUT2D eigenvalue weighted by Crippen LogP contribution is 2.12. The fraction of sp³-hybridized carbons (Fsp3) is 0.250. The Morgan fingerprint density at radius 1 is 1.37 bits per heavy atom. The smallest absolute Gasteiger partial charge is 0.246 e. The van der Waals surface area contributed by atoms with Gasteiger partial charge in [-0.1, -0.05) is 28.9 Å². The Morgan fingerprint density at radius 2 is 2.11 bits per heavy atom. The van der Waals surface area contributed by atoms with Crippen LogP contribution in [0.5, 0.6) is 0 Å². The second-order valence-corrected chi connectivity index (χ2v) is 4.32. The van der Waals surface area contributed by atoms with Crippen molar-refractivity contribution in [3.63, 3.8) is 0 Å². The van der Waals surface area contributed by atoms with E-state index in [4.69, 9.17) is 21.9 Å². The van der Waals surface area contributed by atoms with Gasteiger partial charge in [-0.2, -0.15) is 4.98 Å². The Morgan fingerprint density at radius 3 is 2.79 bits per heavy atom. The molecule has 0 radical (unpaired) electrons. The largest absolute Gasteiger partial charge is 0.346 e. The minimum absolute atomic E-state index is 0.0637. The lowest BCUT2D eigenvalue weighted by molar-refractivity contribution is -0.120. The summed E-state index contributed by atoms with van der Waals surface area (Å²) in [6.45, 7) is 0.120. The molecule has 0 aliphatic carbocycles. The lowest BCUT2D eigenvalue weighted by atomic mass is 10.1. The van der Waals surface area contributed by atoms with Crippen LogP contribution in [0, 0.1) is 0 Å². The van der Waals surface area contributed by atoms with Crippen LogP contribution in [0.3, 0.4) is 0 Å². The first kappa shape index (κ1) is 13.5. The number of carbonyl (C=O) groups excluding carboxylic acids is 1. The molecule has 6 nitrogen and oxygen atoms in total. The first-order chi connectivity index (χ1) is 9.17. The topological polar surface area (TPSA) is 94.0 Å². The molecule has 0 saturated heterocycles. The van der Waals surface area contributed by atoms with Crippen LogP contribution >= 0.6 is 11.6 Å². The van der Waals surface area contributed by atoms with Gasteiger partial charge in [0.1, 0.15) is 0 Å². The second kappa shape index (κ2) is 6.31. The normalized spacial score (nSPS) is 10.4. The number of rotatable bonds is 5. The summed E-state index contributed by atoms with van der Waals surface area (Å²) < 4.78 is 5.01. The summed E-state index contributed by atoms with van der Waals surface area (Å²) in [4.78, 5) is 15.1. The summed E-state index contributed by atoms with van der Waals surface area (Å²) in [5.41, 5.74) is 6.20. The van der Waals surface area contributed by atoms with Crippen molar-refractivity contribution in [1.82, 2.24) is 15.5 Å². The van der Waals surface area contributed by atoms with Gasteiger partial charge in [-0.15, -0.1) is 0 Å². The van der Waals surface area contributed by atoms with Gasteiger partial charge in [-0.3, -0.25) is 4.79 Å². The quantitative estimate of drug-likeness (QED) is 0.848. The van der Waals surface area contributed by atoms with E-state index < -0.39 is 0 Å². The van der Waals surface area contributed by atoms with Crippen molar-refractivity contribution >= 4 is 17.5 Å². The van der Waals surface area contributed by atoms with E-state index in [0.717, 1.165) is 5.56 Å². The summed E-state index contributed by atoms with van der Waals surface area (Å²) >= 11 is 5.80. The Bertz CT molecular complexity index is 553. The summed E-state index contributed by atoms with van der Waals surface area (Å²) in [7, 11) is 0. The maximum Gasteiger partial charge on any atom is 0.246 e. The zero-order valence-corrected chi connectivity index (χ0v) is 10.9. The number of nitrogens with two attached hydrogens (primary N) is 1. The molecule has 0 aliphatic heterocycles. The molecule has 1 amide bonds. The van der Waals surface area contributed by atoms with Crippen molar-refractivity contribution in [2.45, 2.75) is 13.0 Å². The van der Waals surface area contributed by atoms with Gasteiger partial charge in [0.2, 0.25) is 11.8 Å². The molecule has 2 rings (SSSR count). The number of hydrogen-bond acceptors (Lipinski definition) is 5. The van der Waals surface area contributed by atoms with Gasteiger partial charge in [0, 0.05) is 11.4 Å². The molecule has 100 valence electrons. The zero-order valence-electron chi connectivity index (χ0n) is 10.1. The molecule has 7 heteroatoms. The standard InChI is InChI=1S/C12H13ClN4O2/c13-9-3-1-8(2-4-9)5-10-16-12(19-17-10)7-15-11(18)6-14/h1-4H,5-7,14H2,(H,15,18). The number of nitrogens with one attached hydrogen (secondary N) is 1. The third kappa shape index (κ3) is 4.04. The first-order valence-corrected chi connectivity index (χ1v) is 6.08. The number of halogens is 1. The van der Waals surface area contributed by atoms with Gasteiger partial charge in [-0.05, 0) is 17.7 Å². The molecule has 0 bridgehead atoms. The highest BCUT2D eigenvalue weighted by Gasteiger charge is 2.08. The van der Waals surface area contributed by atoms with Crippen LogP contribution in [-0.4, -0.2) is 22.6 Å². The van der Waals surface area contributed by atoms with Crippen molar-refractivity contribution in [2.75, 3.05) is 6.54 Å². The molecule has 0 spiro atoms. The van der Waals surface area contributed by atoms with Crippen LogP contribution in [0.15, 0.2) is 28.8 Å². The molecule has 1 heterocycles. The van der Waals surface area contributed by atoms with E-state index in [2.05, 4.69) is 15.5 Å². The number of amides is 1. The van der Waals surface area contributed by atoms with Crippen molar-refractivity contribution in [3.05, 3.63) is 46.6 Å². The van der Waals surface area contributed by atoms with Gasteiger partial charge < -0.3 is 15.6 Å². The molecule has 2 aromatic rings. The van der Waals surface area contributed by atoms with Crippen LogP contribution in [0.4, 0.5) is 0 Å². The molecule has 0 aliphatic rings. The van der Waals surface area contributed by atoms with Crippen LogP contribution < -0.4 is 11.1 Å². The Balaban J connectivity index is 1.93. The summed E-state index contributed by atoms with van der Waals surface area (Å²) in [6, 6.07) is 7.40. The summed E-state index contributed by atoms with van der Waals surface area (Å²) in [5, 5.41) is 7.07. The molecule has 0 unspecified atom stereocenters. The minimum atomic E-state index is -0.266. The van der Waals surface area contributed by atoms with Gasteiger partial charge >= 0.3 is 0 Å². The van der Waals surface area contributed by atoms with E-state index in [0.29, 0.717) is 23.2 Å². The molecule has 19 heavy (non-hydrogen) atoms. The monoisotopic (exact) mass is 280 g/mol. The minimum Gasteiger partial charge on any atom is -0.346 e. The van der Waals surface area contributed by atoms with Crippen LogP contribution in [0.1, 0.15) is 17.3 Å². The summed E-state index contributed by atoms with van der Waals surface area (Å²) in [5.74, 6) is 0.641. The van der Waals surface area contributed by atoms with E-state index in [9.17, 15) is 4.79 Å². The lowest BCUT2D eigenvalue weighted by Gasteiger charge is -1.97. The maximum absolute atomic E-state index is 11.0. The van der Waals surface area contributed by atoms with Crippen LogP contribution in [0.2, 0.25) is 5.02 Å². The summed E-state index contributed by atoms with van der Waals surface area (Å²) in [6.07, 6.45) is 0.547. The van der Waals surface area contributed by atoms with Crippen LogP contribution in [-0.2, 0) is 17.8 Å². The fourth-order valence-electron chi connectivity index (χ4n) is 1.46. The van der Waals surface area contributed by atoms with Crippen molar-refractivity contribution in [2.24, 2.45) is 5.73 Å². The lowest BCUT2D eigenvalue weighted by Crippen LogP contribution is -2.29. The van der Waals surface area contributed by atoms with Gasteiger partial charge in [0.25, 0.3) is 0 Å². The average Bonchev–Trinajstić information content (AvgIpc) is 2.86. The molecule has 3 N–H and O–H groups in total. The van der Waals surface area contributed by atoms with E-state index in [1.165, 1.54) is 0 Å². The van der Waals surface area contributed by atoms with E-state index >= 15 is 0 Å². The van der Waals surface area contributed by atoms with Crippen molar-refractivity contribution < 1.29 is 9.32 Å². The molecular formula is C12H13ClN4O2. The Labute approximate surface area is 114 Å². The number of hydrogen-bond donors (Lipinski definition) is 2. The Kier molecular flexibility index (Phi) is 4.48. The van der Waals surface area contributed by atoms with E-state index in [1.54, 1.807) is 12.1 Å². The third-order valence-corrected chi connectivity index (χ3v) is 2.66. The second-order valence-electron chi connectivity index (χ2n) is 3.89.